The molecule has 2 aromatic rings. The van der Waals surface area contributed by atoms with E-state index in [1.165, 1.54) is 13.2 Å². The van der Waals surface area contributed by atoms with Crippen LogP contribution in [0, 0.1) is 0 Å². The summed E-state index contributed by atoms with van der Waals surface area (Å²) in [5.74, 6) is -1.38. The molecule has 0 radical (unpaired) electrons. The molecule has 0 aliphatic heterocycles. The summed E-state index contributed by atoms with van der Waals surface area (Å²) in [4.78, 5) is 24.2. The number of nitrogens with zero attached hydrogens (tertiary/aromatic N) is 1. The maximum Gasteiger partial charge on any atom is 0.334 e. The van der Waals surface area contributed by atoms with Crippen LogP contribution in [0.5, 0.6) is 0 Å². The van der Waals surface area contributed by atoms with E-state index in [0.717, 1.165) is 0 Å². The van der Waals surface area contributed by atoms with Crippen molar-refractivity contribution in [3.63, 3.8) is 0 Å². The first kappa shape index (κ1) is 16.7. The first-order chi connectivity index (χ1) is 11.0. The Kier molecular flexibility index (Phi) is 5.13. The Morgan fingerprint density at radius 1 is 1.35 bits per heavy atom. The third-order valence-electron chi connectivity index (χ3n) is 3.57. The minimum atomic E-state index is -1.53. The number of nitrogens with one attached hydrogen (secondary N) is 1. The fourth-order valence-corrected chi connectivity index (χ4v) is 2.30. The van der Waals surface area contributed by atoms with E-state index in [4.69, 9.17) is 9.26 Å². The average Bonchev–Trinajstić information content (AvgIpc) is 3.02. The van der Waals surface area contributed by atoms with Gasteiger partial charge in [0.05, 0.1) is 0 Å². The van der Waals surface area contributed by atoms with Crippen molar-refractivity contribution in [1.82, 2.24) is 10.5 Å². The molecule has 7 nitrogen and oxygen atoms in total. The first-order valence-electron chi connectivity index (χ1n) is 7.09. The van der Waals surface area contributed by atoms with Crippen LogP contribution in [-0.4, -0.2) is 29.2 Å². The van der Waals surface area contributed by atoms with Crippen molar-refractivity contribution in [2.45, 2.75) is 25.5 Å². The number of aliphatic carboxylic acids is 1. The highest BCUT2D eigenvalue weighted by Crippen LogP contribution is 2.26. The molecule has 0 saturated heterocycles. The molecule has 1 aromatic heterocycles. The highest BCUT2D eigenvalue weighted by atomic mass is 16.5. The zero-order valence-electron chi connectivity index (χ0n) is 12.9. The molecule has 0 bridgehead atoms. The maximum atomic E-state index is 12.4. The molecule has 1 atom stereocenters. The lowest BCUT2D eigenvalue weighted by molar-refractivity contribution is -0.145. The van der Waals surface area contributed by atoms with Crippen LogP contribution in [0.1, 0.15) is 35.2 Å². The summed E-state index contributed by atoms with van der Waals surface area (Å²) in [5, 5.41) is 15.9. The molecule has 122 valence electrons. The Hall–Kier alpha value is -2.67. The number of aromatic nitrogens is 1. The number of carbonyl (C=O) groups is 2. The number of amides is 1. The summed E-state index contributed by atoms with van der Waals surface area (Å²) in [7, 11) is 1.49. The van der Waals surface area contributed by atoms with Crippen LogP contribution in [0.2, 0.25) is 0 Å². The normalized spacial score (nSPS) is 13.3. The van der Waals surface area contributed by atoms with Crippen LogP contribution in [0.3, 0.4) is 0 Å². The Labute approximate surface area is 133 Å². The quantitative estimate of drug-likeness (QED) is 0.809. The van der Waals surface area contributed by atoms with Crippen molar-refractivity contribution in [1.29, 1.82) is 0 Å². The van der Waals surface area contributed by atoms with E-state index in [-0.39, 0.29) is 18.7 Å². The summed E-state index contributed by atoms with van der Waals surface area (Å²) in [6.07, 6.45) is 0.181. The fourth-order valence-electron chi connectivity index (χ4n) is 2.30. The maximum absolute atomic E-state index is 12.4. The fraction of sp³-hybridized carbons (Fsp3) is 0.312. The molecule has 2 N–H and O–H groups in total. The van der Waals surface area contributed by atoms with Gasteiger partial charge in [-0.15, -0.1) is 0 Å². The monoisotopic (exact) mass is 318 g/mol. The molecule has 23 heavy (non-hydrogen) atoms. The van der Waals surface area contributed by atoms with Crippen molar-refractivity contribution in [2.75, 3.05) is 7.11 Å². The van der Waals surface area contributed by atoms with Crippen LogP contribution >= 0.6 is 0 Å². The van der Waals surface area contributed by atoms with Crippen LogP contribution in [0.4, 0.5) is 0 Å². The lowest BCUT2D eigenvalue weighted by atomic mass is 9.87. The summed E-state index contributed by atoms with van der Waals surface area (Å²) in [6, 6.07) is 9.98. The van der Waals surface area contributed by atoms with Crippen LogP contribution in [0.15, 0.2) is 40.9 Å². The van der Waals surface area contributed by atoms with Gasteiger partial charge in [0.25, 0.3) is 5.91 Å². The molecule has 0 saturated carbocycles. The third-order valence-corrected chi connectivity index (χ3v) is 3.57. The zero-order valence-corrected chi connectivity index (χ0v) is 12.9. The number of hydrogen-bond acceptors (Lipinski definition) is 5. The minimum absolute atomic E-state index is 0.00653. The Morgan fingerprint density at radius 3 is 2.61 bits per heavy atom. The Balaban J connectivity index is 2.30. The smallest absolute Gasteiger partial charge is 0.334 e. The minimum Gasteiger partial charge on any atom is -0.479 e. The van der Waals surface area contributed by atoms with Gasteiger partial charge in [-0.05, 0) is 12.0 Å². The van der Waals surface area contributed by atoms with Gasteiger partial charge >= 0.3 is 5.97 Å². The summed E-state index contributed by atoms with van der Waals surface area (Å²) in [5.41, 5.74) is -1.03. The molecule has 0 fully saturated rings. The second-order valence-corrected chi connectivity index (χ2v) is 5.00. The number of carboxylic acid groups (broad SMARTS) is 1. The second kappa shape index (κ2) is 7.06. The molecule has 1 amide bonds. The van der Waals surface area contributed by atoms with Gasteiger partial charge < -0.3 is 19.7 Å². The molecule has 2 rings (SSSR count). The molecule has 0 aliphatic rings. The number of hydrogen-bond donors (Lipinski definition) is 2. The molecule has 1 aromatic carbocycles. The second-order valence-electron chi connectivity index (χ2n) is 5.00. The topological polar surface area (TPSA) is 102 Å². The largest absolute Gasteiger partial charge is 0.479 e. The Bertz CT molecular complexity index is 683. The summed E-state index contributed by atoms with van der Waals surface area (Å²) in [6.45, 7) is 1.87. The van der Waals surface area contributed by atoms with Crippen molar-refractivity contribution in [3.8, 4) is 0 Å². The van der Waals surface area contributed by atoms with E-state index in [1.54, 1.807) is 37.3 Å². The lowest BCUT2D eigenvalue weighted by Crippen LogP contribution is -2.51. The van der Waals surface area contributed by atoms with Gasteiger partial charge in [-0.25, -0.2) is 4.79 Å². The number of carbonyl (C=O) groups excluding carboxylic acids is 1. The Morgan fingerprint density at radius 2 is 2.04 bits per heavy atom. The van der Waals surface area contributed by atoms with Crippen LogP contribution in [-0.2, 0) is 21.7 Å². The summed E-state index contributed by atoms with van der Waals surface area (Å²) >= 11 is 0. The van der Waals surface area contributed by atoms with E-state index in [1.807, 2.05) is 0 Å². The highest BCUT2D eigenvalue weighted by Gasteiger charge is 2.40. The highest BCUT2D eigenvalue weighted by molar-refractivity contribution is 5.96. The molecule has 7 heteroatoms. The zero-order chi connectivity index (χ0) is 16.9. The standard InChI is InChI=1S/C16H18N2O5/c1-3-16(15(20)21,11-7-5-4-6-8-11)17-14(19)13-9-12(10-22-2)23-18-13/h4-9H,3,10H2,1-2H3,(H,17,19)(H,20,21). The number of methoxy groups -OCH3 is 1. The number of rotatable bonds is 7. The van der Waals surface area contributed by atoms with Crippen molar-refractivity contribution in [2.24, 2.45) is 0 Å². The number of carboxylic acids is 1. The van der Waals surface area contributed by atoms with Crippen molar-refractivity contribution in [3.05, 3.63) is 53.4 Å². The van der Waals surface area contributed by atoms with Gasteiger partial charge in [0.15, 0.2) is 17.0 Å². The lowest BCUT2D eigenvalue weighted by Gasteiger charge is -2.29. The van der Waals surface area contributed by atoms with Gasteiger partial charge in [-0.2, -0.15) is 0 Å². The van der Waals surface area contributed by atoms with Crippen LogP contribution < -0.4 is 5.32 Å². The van der Waals surface area contributed by atoms with E-state index < -0.39 is 17.4 Å². The van der Waals surface area contributed by atoms with E-state index in [9.17, 15) is 14.7 Å². The van der Waals surface area contributed by atoms with Gasteiger partial charge in [0.1, 0.15) is 6.61 Å². The molecule has 1 heterocycles. The first-order valence-corrected chi connectivity index (χ1v) is 7.09. The molecular weight excluding hydrogens is 300 g/mol. The SMILES string of the molecule is CCC(NC(=O)c1cc(COC)on1)(C(=O)O)c1ccccc1. The third kappa shape index (κ3) is 3.40. The van der Waals surface area contributed by atoms with Gasteiger partial charge in [-0.3, -0.25) is 4.79 Å². The van der Waals surface area contributed by atoms with Crippen molar-refractivity contribution < 1.29 is 24.0 Å². The van der Waals surface area contributed by atoms with E-state index in [0.29, 0.717) is 11.3 Å². The van der Waals surface area contributed by atoms with E-state index >= 15 is 0 Å². The predicted molar refractivity (Wildman–Crippen MR) is 80.7 cm³/mol. The van der Waals surface area contributed by atoms with Gasteiger partial charge in [-0.1, -0.05) is 42.4 Å². The van der Waals surface area contributed by atoms with Crippen LogP contribution in [0.25, 0.3) is 0 Å². The van der Waals surface area contributed by atoms with E-state index in [2.05, 4.69) is 10.5 Å². The predicted octanol–water partition coefficient (Wildman–Crippen LogP) is 1.94. The molecule has 0 spiro atoms. The number of benzene rings is 1. The molecular formula is C16H18N2O5. The van der Waals surface area contributed by atoms with Gasteiger partial charge in [0.2, 0.25) is 0 Å². The summed E-state index contributed by atoms with van der Waals surface area (Å²) < 4.78 is 9.85. The van der Waals surface area contributed by atoms with Gasteiger partial charge in [0, 0.05) is 13.2 Å². The average molecular weight is 318 g/mol. The molecule has 0 aliphatic carbocycles. The number of ether oxygens (including phenoxy) is 1. The van der Waals surface area contributed by atoms with Crippen molar-refractivity contribution >= 4 is 11.9 Å². The molecule has 1 unspecified atom stereocenters.